The number of benzene rings is 8. The summed E-state index contributed by atoms with van der Waals surface area (Å²) in [4.78, 5) is 2.49. The molecule has 0 bridgehead atoms. The lowest BCUT2D eigenvalue weighted by atomic mass is 9.66. The van der Waals surface area contributed by atoms with Gasteiger partial charge in [-0.05, 0) is 91.0 Å². The topological polar surface area (TPSA) is 3.24 Å². The molecular weight excluding hydrogens is 603 g/mol. The molecule has 1 spiro atoms. The number of anilines is 3. The summed E-state index contributed by atoms with van der Waals surface area (Å²) < 4.78 is 0. The zero-order valence-electron chi connectivity index (χ0n) is 27.3. The highest BCUT2D eigenvalue weighted by Crippen LogP contribution is 2.62. The van der Waals surface area contributed by atoms with E-state index >= 15 is 0 Å². The molecule has 0 aromatic heterocycles. The first-order valence-electron chi connectivity index (χ1n) is 17.5. The number of fused-ring (bicyclic) bond motifs is 17. The van der Waals surface area contributed by atoms with Gasteiger partial charge in [-0.25, -0.2) is 0 Å². The van der Waals surface area contributed by atoms with Crippen molar-refractivity contribution in [2.24, 2.45) is 0 Å². The molecule has 1 heterocycles. The molecule has 0 saturated carbocycles. The van der Waals surface area contributed by atoms with Gasteiger partial charge in [-0.15, -0.1) is 0 Å². The van der Waals surface area contributed by atoms with Crippen LogP contribution in [0.25, 0.3) is 55.6 Å². The smallest absolute Gasteiger partial charge is 0.0726 e. The molecule has 3 aliphatic rings. The second-order valence-electron chi connectivity index (χ2n) is 13.6. The molecule has 0 saturated heterocycles. The summed E-state index contributed by atoms with van der Waals surface area (Å²) in [6.07, 6.45) is 0. The normalized spacial score (nSPS) is 13.7. The molecule has 8 aromatic carbocycles. The maximum atomic E-state index is 2.51. The van der Waals surface area contributed by atoms with E-state index in [4.69, 9.17) is 0 Å². The standard InChI is InChI=1S/C49H31N/c1-2-16-34-33(15-1)37-19-5-10-24-43(37)49(44-25-11-6-20-38(44)39-21-7-12-26-45(39)49)46-31-32(29-30-40(34)46)50-47-27-13-8-22-41(47)35-17-3-4-18-36(35)42-23-9-14-28-48(42)50/h1-31H. The van der Waals surface area contributed by atoms with Crippen molar-refractivity contribution in [1.82, 2.24) is 0 Å². The lowest BCUT2D eigenvalue weighted by Gasteiger charge is -2.36. The van der Waals surface area contributed by atoms with Crippen molar-refractivity contribution in [1.29, 1.82) is 0 Å². The van der Waals surface area contributed by atoms with Crippen molar-refractivity contribution in [2.45, 2.75) is 5.41 Å². The molecule has 0 radical (unpaired) electrons. The van der Waals surface area contributed by atoms with Crippen molar-refractivity contribution < 1.29 is 0 Å². The van der Waals surface area contributed by atoms with Gasteiger partial charge in [0.05, 0.1) is 16.8 Å². The Bertz CT molecular complexity index is 2570. The molecule has 1 heteroatoms. The average molecular weight is 634 g/mol. The Hall–Kier alpha value is -6.44. The van der Waals surface area contributed by atoms with E-state index in [1.165, 1.54) is 89.3 Å². The quantitative estimate of drug-likeness (QED) is 0.174. The first-order chi connectivity index (χ1) is 24.8. The van der Waals surface area contributed by atoms with Crippen LogP contribution in [-0.2, 0) is 5.41 Å². The third kappa shape index (κ3) is 3.51. The van der Waals surface area contributed by atoms with Gasteiger partial charge in [-0.1, -0.05) is 164 Å². The first-order valence-corrected chi connectivity index (χ1v) is 17.5. The predicted molar refractivity (Wildman–Crippen MR) is 207 cm³/mol. The van der Waals surface area contributed by atoms with E-state index in [0.29, 0.717) is 0 Å². The second-order valence-corrected chi connectivity index (χ2v) is 13.6. The maximum Gasteiger partial charge on any atom is 0.0726 e. The summed E-state index contributed by atoms with van der Waals surface area (Å²) in [5.74, 6) is 0. The molecule has 11 rings (SSSR count). The highest BCUT2D eigenvalue weighted by molar-refractivity contribution is 6.03. The lowest BCUT2D eigenvalue weighted by molar-refractivity contribution is 0.775. The maximum absolute atomic E-state index is 2.51. The van der Waals surface area contributed by atoms with Crippen molar-refractivity contribution in [3.8, 4) is 55.6 Å². The minimum absolute atomic E-state index is 0.526. The molecule has 1 nitrogen and oxygen atoms in total. The lowest BCUT2D eigenvalue weighted by Crippen LogP contribution is -2.29. The van der Waals surface area contributed by atoms with Gasteiger partial charge in [0, 0.05) is 16.8 Å². The van der Waals surface area contributed by atoms with Gasteiger partial charge in [-0.3, -0.25) is 0 Å². The Labute approximate surface area is 292 Å². The van der Waals surface area contributed by atoms with Crippen molar-refractivity contribution >= 4 is 17.1 Å². The van der Waals surface area contributed by atoms with Crippen LogP contribution in [-0.4, -0.2) is 0 Å². The van der Waals surface area contributed by atoms with Gasteiger partial charge in [0.2, 0.25) is 0 Å². The van der Waals surface area contributed by atoms with Crippen LogP contribution in [0.2, 0.25) is 0 Å². The van der Waals surface area contributed by atoms with Crippen molar-refractivity contribution in [2.75, 3.05) is 4.90 Å². The second kappa shape index (κ2) is 10.3. The van der Waals surface area contributed by atoms with E-state index in [1.54, 1.807) is 0 Å². The number of hydrogen-bond donors (Lipinski definition) is 0. The van der Waals surface area contributed by atoms with Crippen LogP contribution in [0.15, 0.2) is 188 Å². The van der Waals surface area contributed by atoms with Gasteiger partial charge >= 0.3 is 0 Å². The minimum atomic E-state index is -0.526. The number of hydrogen-bond acceptors (Lipinski definition) is 1. The Morgan fingerprint density at radius 3 is 1.04 bits per heavy atom. The van der Waals surface area contributed by atoms with Gasteiger partial charge in [0.1, 0.15) is 0 Å². The summed E-state index contributed by atoms with van der Waals surface area (Å²) >= 11 is 0. The van der Waals surface area contributed by atoms with Crippen LogP contribution in [0, 0.1) is 0 Å². The molecule has 232 valence electrons. The minimum Gasteiger partial charge on any atom is -0.309 e. The molecule has 0 atom stereocenters. The molecular formula is C49H31N. The van der Waals surface area contributed by atoms with Gasteiger partial charge in [0.15, 0.2) is 0 Å². The Morgan fingerprint density at radius 1 is 0.260 bits per heavy atom. The van der Waals surface area contributed by atoms with Crippen molar-refractivity contribution in [3.05, 3.63) is 210 Å². The Kier molecular flexibility index (Phi) is 5.66. The average Bonchev–Trinajstić information content (AvgIpc) is 3.35. The summed E-state index contributed by atoms with van der Waals surface area (Å²) in [5, 5.41) is 0. The van der Waals surface area contributed by atoms with E-state index in [-0.39, 0.29) is 0 Å². The third-order valence-electron chi connectivity index (χ3n) is 11.3. The molecule has 50 heavy (non-hydrogen) atoms. The largest absolute Gasteiger partial charge is 0.309 e. The summed E-state index contributed by atoms with van der Waals surface area (Å²) in [7, 11) is 0. The summed E-state index contributed by atoms with van der Waals surface area (Å²) in [6.45, 7) is 0. The van der Waals surface area contributed by atoms with Crippen LogP contribution in [0.1, 0.15) is 22.3 Å². The fraction of sp³-hybridized carbons (Fsp3) is 0.0204. The van der Waals surface area contributed by atoms with E-state index < -0.39 is 5.41 Å². The molecule has 0 N–H and O–H groups in total. The fourth-order valence-electron chi connectivity index (χ4n) is 9.33. The zero-order valence-corrected chi connectivity index (χ0v) is 27.3. The van der Waals surface area contributed by atoms with Crippen LogP contribution < -0.4 is 4.90 Å². The number of nitrogens with zero attached hydrogens (tertiary/aromatic N) is 1. The number of rotatable bonds is 1. The fourth-order valence-corrected chi connectivity index (χ4v) is 9.33. The summed E-state index contributed by atoms with van der Waals surface area (Å²) in [5.41, 5.74) is 21.0. The predicted octanol–water partition coefficient (Wildman–Crippen LogP) is 12.8. The van der Waals surface area contributed by atoms with Crippen LogP contribution >= 0.6 is 0 Å². The van der Waals surface area contributed by atoms with E-state index in [0.717, 1.165) is 5.69 Å². The zero-order chi connectivity index (χ0) is 32.8. The van der Waals surface area contributed by atoms with Crippen LogP contribution in [0.3, 0.4) is 0 Å². The molecule has 0 fully saturated rings. The van der Waals surface area contributed by atoms with Crippen molar-refractivity contribution in [3.63, 3.8) is 0 Å². The highest BCUT2D eigenvalue weighted by Gasteiger charge is 2.49. The molecule has 1 aliphatic heterocycles. The summed E-state index contributed by atoms with van der Waals surface area (Å²) in [6, 6.07) is 70.1. The SMILES string of the molecule is c1ccc2c(c1)-c1ccccc1N(c1ccc3c(c1)C1(c4ccccc4-c4ccccc4-3)c3ccccc3-c3ccccc31)c1ccccc1-2. The molecule has 8 aromatic rings. The monoisotopic (exact) mass is 633 g/mol. The Morgan fingerprint density at radius 2 is 0.580 bits per heavy atom. The molecule has 0 unspecified atom stereocenters. The molecule has 2 aliphatic carbocycles. The highest BCUT2D eigenvalue weighted by atomic mass is 15.1. The third-order valence-corrected chi connectivity index (χ3v) is 11.3. The van der Waals surface area contributed by atoms with E-state index in [2.05, 4.69) is 193 Å². The van der Waals surface area contributed by atoms with Gasteiger partial charge in [0.25, 0.3) is 0 Å². The Balaban J connectivity index is 1.30. The van der Waals surface area contributed by atoms with E-state index in [1.807, 2.05) is 0 Å². The van der Waals surface area contributed by atoms with E-state index in [9.17, 15) is 0 Å². The van der Waals surface area contributed by atoms with Gasteiger partial charge in [-0.2, -0.15) is 0 Å². The van der Waals surface area contributed by atoms with Gasteiger partial charge < -0.3 is 4.90 Å². The first kappa shape index (κ1) is 27.5. The number of para-hydroxylation sites is 2. The van der Waals surface area contributed by atoms with Crippen LogP contribution in [0.4, 0.5) is 17.1 Å². The molecule has 0 amide bonds. The van der Waals surface area contributed by atoms with Crippen LogP contribution in [0.5, 0.6) is 0 Å².